The van der Waals surface area contributed by atoms with E-state index >= 15 is 0 Å². The van der Waals surface area contributed by atoms with Crippen LogP contribution in [-0.2, 0) is 16.4 Å². The van der Waals surface area contributed by atoms with Crippen molar-refractivity contribution in [3.8, 4) is 5.75 Å². The van der Waals surface area contributed by atoms with Crippen LogP contribution in [0.15, 0.2) is 47.4 Å². The Labute approximate surface area is 144 Å². The standard InChI is InChI=1S/C15H15BFNO6S/c1-25(22,23)12-4-2-3-10(7-12)9-18-15(19)13-6-5-11(8-14(13)17)24-16(20)21/h2-8,20-21H,9H2,1H3,(H,18,19). The fourth-order valence-corrected chi connectivity index (χ4v) is 2.73. The fraction of sp³-hybridized carbons (Fsp3) is 0.133. The normalized spacial score (nSPS) is 11.0. The topological polar surface area (TPSA) is 113 Å². The van der Waals surface area contributed by atoms with Gasteiger partial charge in [0.05, 0.1) is 10.5 Å². The Kier molecular flexibility index (Phi) is 5.78. The van der Waals surface area contributed by atoms with Crippen LogP contribution in [0.2, 0.25) is 0 Å². The molecule has 2 rings (SSSR count). The molecule has 25 heavy (non-hydrogen) atoms. The monoisotopic (exact) mass is 367 g/mol. The third kappa shape index (κ3) is 5.28. The number of hydrogen-bond acceptors (Lipinski definition) is 6. The number of sulfone groups is 1. The second-order valence-corrected chi connectivity index (χ2v) is 7.20. The molecule has 1 amide bonds. The maximum absolute atomic E-state index is 13.9. The van der Waals surface area contributed by atoms with Crippen LogP contribution in [0.3, 0.4) is 0 Å². The summed E-state index contributed by atoms with van der Waals surface area (Å²) < 4.78 is 41.4. The second kappa shape index (κ2) is 7.64. The van der Waals surface area contributed by atoms with Crippen molar-refractivity contribution in [1.29, 1.82) is 0 Å². The third-order valence-electron chi connectivity index (χ3n) is 3.21. The highest BCUT2D eigenvalue weighted by Gasteiger charge is 2.16. The summed E-state index contributed by atoms with van der Waals surface area (Å²) in [6.45, 7) is 0.00917. The summed E-state index contributed by atoms with van der Waals surface area (Å²) in [5, 5.41) is 19.8. The maximum atomic E-state index is 13.9. The summed E-state index contributed by atoms with van der Waals surface area (Å²) in [5.41, 5.74) is 0.277. The van der Waals surface area contributed by atoms with E-state index in [9.17, 15) is 17.6 Å². The van der Waals surface area contributed by atoms with Gasteiger partial charge < -0.3 is 20.0 Å². The Morgan fingerprint density at radius 1 is 1.24 bits per heavy atom. The summed E-state index contributed by atoms with van der Waals surface area (Å²) >= 11 is 0. The van der Waals surface area contributed by atoms with Crippen molar-refractivity contribution in [2.75, 3.05) is 6.26 Å². The van der Waals surface area contributed by atoms with Crippen LogP contribution in [-0.4, -0.2) is 38.0 Å². The van der Waals surface area contributed by atoms with Crippen molar-refractivity contribution in [3.63, 3.8) is 0 Å². The van der Waals surface area contributed by atoms with Crippen LogP contribution in [0.25, 0.3) is 0 Å². The van der Waals surface area contributed by atoms with Gasteiger partial charge in [0, 0.05) is 18.9 Å². The molecule has 0 fully saturated rings. The van der Waals surface area contributed by atoms with E-state index in [0.29, 0.717) is 5.56 Å². The van der Waals surface area contributed by atoms with Crippen molar-refractivity contribution in [2.45, 2.75) is 11.4 Å². The zero-order valence-corrected chi connectivity index (χ0v) is 14.0. The van der Waals surface area contributed by atoms with E-state index in [4.69, 9.17) is 10.0 Å². The van der Waals surface area contributed by atoms with E-state index < -0.39 is 28.9 Å². The van der Waals surface area contributed by atoms with E-state index in [1.165, 1.54) is 18.2 Å². The lowest BCUT2D eigenvalue weighted by atomic mass is 10.1. The predicted molar refractivity (Wildman–Crippen MR) is 87.9 cm³/mol. The molecule has 0 atom stereocenters. The maximum Gasteiger partial charge on any atom is 0.707 e. The molecule has 0 aromatic heterocycles. The zero-order valence-electron chi connectivity index (χ0n) is 13.1. The van der Waals surface area contributed by atoms with Gasteiger partial charge in [0.1, 0.15) is 11.6 Å². The zero-order chi connectivity index (χ0) is 18.6. The van der Waals surface area contributed by atoms with Crippen LogP contribution < -0.4 is 9.97 Å². The van der Waals surface area contributed by atoms with Gasteiger partial charge in [-0.3, -0.25) is 4.79 Å². The van der Waals surface area contributed by atoms with Crippen LogP contribution >= 0.6 is 0 Å². The first-order chi connectivity index (χ1) is 11.7. The van der Waals surface area contributed by atoms with Gasteiger partial charge in [-0.2, -0.15) is 0 Å². The SMILES string of the molecule is CS(=O)(=O)c1cccc(CNC(=O)c2ccc(OB(O)O)cc2F)c1. The first-order valence-electron chi connectivity index (χ1n) is 7.06. The molecule has 0 bridgehead atoms. The van der Waals surface area contributed by atoms with Crippen molar-refractivity contribution < 1.29 is 32.3 Å². The van der Waals surface area contributed by atoms with Gasteiger partial charge in [0.15, 0.2) is 9.84 Å². The molecule has 0 aliphatic heterocycles. The quantitative estimate of drug-likeness (QED) is 0.642. The van der Waals surface area contributed by atoms with E-state index in [0.717, 1.165) is 18.4 Å². The number of halogens is 1. The Morgan fingerprint density at radius 2 is 1.96 bits per heavy atom. The van der Waals surface area contributed by atoms with E-state index in [1.54, 1.807) is 12.1 Å². The first-order valence-corrected chi connectivity index (χ1v) is 8.95. The minimum absolute atomic E-state index is 0.00917. The smallest absolute Gasteiger partial charge is 0.512 e. The molecule has 0 aliphatic carbocycles. The Hall–Kier alpha value is -2.43. The lowest BCUT2D eigenvalue weighted by Crippen LogP contribution is -2.24. The molecule has 0 spiro atoms. The summed E-state index contributed by atoms with van der Waals surface area (Å²) in [6.07, 6.45) is 1.08. The number of carbonyl (C=O) groups excluding carboxylic acids is 1. The van der Waals surface area contributed by atoms with Gasteiger partial charge in [-0.1, -0.05) is 12.1 Å². The van der Waals surface area contributed by atoms with E-state index in [-0.39, 0.29) is 22.8 Å². The average Bonchev–Trinajstić information content (AvgIpc) is 2.51. The first kappa shape index (κ1) is 18.9. The molecule has 2 aromatic carbocycles. The number of benzene rings is 2. The molecule has 2 aromatic rings. The molecule has 132 valence electrons. The molecule has 0 saturated heterocycles. The number of amides is 1. The molecule has 3 N–H and O–H groups in total. The number of carbonyl (C=O) groups is 1. The largest absolute Gasteiger partial charge is 0.707 e. The van der Waals surface area contributed by atoms with Crippen molar-refractivity contribution in [3.05, 3.63) is 59.4 Å². The van der Waals surface area contributed by atoms with Gasteiger partial charge in [0.2, 0.25) is 0 Å². The summed E-state index contributed by atoms with van der Waals surface area (Å²) in [4.78, 5) is 12.2. The molecule has 0 saturated carbocycles. The van der Waals surface area contributed by atoms with Gasteiger partial charge in [-0.25, -0.2) is 12.8 Å². The minimum Gasteiger partial charge on any atom is -0.512 e. The van der Waals surface area contributed by atoms with Gasteiger partial charge in [-0.15, -0.1) is 0 Å². The van der Waals surface area contributed by atoms with Gasteiger partial charge >= 0.3 is 7.32 Å². The highest BCUT2D eigenvalue weighted by Crippen LogP contribution is 2.17. The summed E-state index contributed by atoms with van der Waals surface area (Å²) in [6, 6.07) is 9.23. The third-order valence-corrected chi connectivity index (χ3v) is 4.32. The van der Waals surface area contributed by atoms with Gasteiger partial charge in [-0.05, 0) is 29.8 Å². The van der Waals surface area contributed by atoms with Crippen LogP contribution in [0.4, 0.5) is 4.39 Å². The van der Waals surface area contributed by atoms with Crippen LogP contribution in [0, 0.1) is 5.82 Å². The molecular weight excluding hydrogens is 352 g/mol. The fourth-order valence-electron chi connectivity index (χ4n) is 2.04. The highest BCUT2D eigenvalue weighted by molar-refractivity contribution is 7.90. The Morgan fingerprint density at radius 3 is 2.56 bits per heavy atom. The predicted octanol–water partition coefficient (Wildman–Crippen LogP) is 0.508. The minimum atomic E-state index is -3.36. The van der Waals surface area contributed by atoms with Crippen molar-refractivity contribution in [2.24, 2.45) is 0 Å². The summed E-state index contributed by atoms with van der Waals surface area (Å²) in [7, 11) is -5.46. The number of hydrogen-bond donors (Lipinski definition) is 3. The molecule has 0 radical (unpaired) electrons. The van der Waals surface area contributed by atoms with Crippen molar-refractivity contribution >= 4 is 23.1 Å². The number of nitrogens with one attached hydrogen (secondary N) is 1. The Balaban J connectivity index is 2.08. The van der Waals surface area contributed by atoms with Crippen molar-refractivity contribution in [1.82, 2.24) is 5.32 Å². The van der Waals surface area contributed by atoms with Crippen LogP contribution in [0.1, 0.15) is 15.9 Å². The molecule has 0 aliphatic rings. The number of rotatable bonds is 6. The lowest BCUT2D eigenvalue weighted by molar-refractivity contribution is 0.0947. The molecule has 7 nitrogen and oxygen atoms in total. The lowest BCUT2D eigenvalue weighted by Gasteiger charge is -2.09. The molecular formula is C15H15BFNO6S. The van der Waals surface area contributed by atoms with E-state index in [2.05, 4.69) is 9.97 Å². The second-order valence-electron chi connectivity index (χ2n) is 5.19. The summed E-state index contributed by atoms with van der Waals surface area (Å²) in [5.74, 6) is -1.76. The highest BCUT2D eigenvalue weighted by atomic mass is 32.2. The average molecular weight is 367 g/mol. The molecule has 0 unspecified atom stereocenters. The van der Waals surface area contributed by atoms with E-state index in [1.807, 2.05) is 0 Å². The van der Waals surface area contributed by atoms with Crippen LogP contribution in [0.5, 0.6) is 5.75 Å². The van der Waals surface area contributed by atoms with Gasteiger partial charge in [0.25, 0.3) is 5.91 Å². The Bertz CT molecular complexity index is 887. The molecule has 0 heterocycles. The molecule has 10 heteroatoms.